The van der Waals surface area contributed by atoms with Gasteiger partial charge in [-0.15, -0.1) is 39.7 Å². The van der Waals surface area contributed by atoms with E-state index < -0.39 is 0 Å². The maximum absolute atomic E-state index is 3.57. The molecule has 43 heavy (non-hydrogen) atoms. The number of rotatable bonds is 3. The van der Waals surface area contributed by atoms with E-state index in [0.29, 0.717) is 11.3 Å². The first-order valence-corrected chi connectivity index (χ1v) is 17.0. The van der Waals surface area contributed by atoms with Gasteiger partial charge in [0.1, 0.15) is 0 Å². The number of hydrogen-bond acceptors (Lipinski definition) is 0. The summed E-state index contributed by atoms with van der Waals surface area (Å²) in [6.45, 7) is 8.83. The molecule has 0 aliphatic heterocycles. The fourth-order valence-electron chi connectivity index (χ4n) is 8.71. The van der Waals surface area contributed by atoms with Crippen molar-refractivity contribution in [1.82, 2.24) is 0 Å². The van der Waals surface area contributed by atoms with Crippen LogP contribution in [-0.2, 0) is 24.2 Å². The van der Waals surface area contributed by atoms with Gasteiger partial charge in [0.05, 0.1) is 0 Å². The summed E-state index contributed by atoms with van der Waals surface area (Å²) in [5.74, 6) is 3.82. The quantitative estimate of drug-likeness (QED) is 0.274. The summed E-state index contributed by atoms with van der Waals surface area (Å²) in [7, 11) is 0. The zero-order valence-electron chi connectivity index (χ0n) is 26.1. The number of aryl methyl sites for hydroxylation is 1. The van der Waals surface area contributed by atoms with E-state index in [0.717, 1.165) is 17.8 Å². The zero-order chi connectivity index (χ0) is 28.6. The molecule has 1 atom stereocenters. The Hall–Kier alpha value is -1.66. The first-order chi connectivity index (χ1) is 19.8. The molecule has 4 bridgehead atoms. The van der Waals surface area contributed by atoms with E-state index in [-0.39, 0.29) is 24.8 Å². The van der Waals surface area contributed by atoms with Crippen LogP contribution in [0.4, 0.5) is 0 Å². The first-order valence-electron chi connectivity index (χ1n) is 15.7. The van der Waals surface area contributed by atoms with E-state index in [1.807, 2.05) is 0 Å². The van der Waals surface area contributed by atoms with Crippen molar-refractivity contribution in [3.05, 3.63) is 113 Å². The Balaban J connectivity index is 0.000000151. The molecule has 0 heterocycles. The molecular formula is C40H44Cl2Zr-2. The Morgan fingerprint density at radius 2 is 1.28 bits per heavy atom. The molecule has 1 unspecified atom stereocenters. The number of fused-ring (bicyclic) bond motifs is 3. The van der Waals surface area contributed by atoms with Gasteiger partial charge < -0.3 is 24.8 Å². The van der Waals surface area contributed by atoms with Gasteiger partial charge in [0.25, 0.3) is 0 Å². The molecule has 224 valence electrons. The van der Waals surface area contributed by atoms with Crippen LogP contribution in [0.2, 0.25) is 0 Å². The summed E-state index contributed by atoms with van der Waals surface area (Å²) in [4.78, 5) is 0. The molecule has 0 amide bonds. The van der Waals surface area contributed by atoms with E-state index in [1.54, 1.807) is 44.1 Å². The average Bonchev–Trinajstić information content (AvgIpc) is 3.47. The van der Waals surface area contributed by atoms with Crippen molar-refractivity contribution < 1.29 is 49.0 Å². The molecule has 5 aliphatic rings. The van der Waals surface area contributed by atoms with Crippen molar-refractivity contribution >= 4 is 24.8 Å². The van der Waals surface area contributed by atoms with Gasteiger partial charge in [0.15, 0.2) is 0 Å². The number of hydrogen-bond donors (Lipinski definition) is 0. The molecular weight excluding hydrogens is 643 g/mol. The van der Waals surface area contributed by atoms with Gasteiger partial charge in [0, 0.05) is 0 Å². The summed E-state index contributed by atoms with van der Waals surface area (Å²) >= 11 is 1.51. The molecule has 4 aromatic carbocycles. The Labute approximate surface area is 286 Å². The maximum atomic E-state index is 3.57. The van der Waals surface area contributed by atoms with Crippen LogP contribution in [0.1, 0.15) is 76.8 Å². The van der Waals surface area contributed by atoms with Gasteiger partial charge in [0.2, 0.25) is 0 Å². The van der Waals surface area contributed by atoms with Crippen molar-refractivity contribution in [3.8, 4) is 0 Å². The van der Waals surface area contributed by atoms with E-state index in [2.05, 4.69) is 119 Å². The molecule has 0 radical (unpaired) electrons. The summed E-state index contributed by atoms with van der Waals surface area (Å²) in [6, 6.07) is 27.9. The van der Waals surface area contributed by atoms with E-state index in [9.17, 15) is 0 Å². The van der Waals surface area contributed by atoms with Crippen LogP contribution >= 0.6 is 0 Å². The zero-order valence-corrected chi connectivity index (χ0v) is 30.1. The first kappa shape index (κ1) is 34.2. The van der Waals surface area contributed by atoms with Gasteiger partial charge in [-0.25, -0.2) is 5.57 Å². The van der Waals surface area contributed by atoms with Gasteiger partial charge in [-0.05, 0) is 61.7 Å². The third kappa shape index (κ3) is 7.96. The predicted octanol–water partition coefficient (Wildman–Crippen LogP) is 4.72. The van der Waals surface area contributed by atoms with Crippen molar-refractivity contribution in [3.63, 3.8) is 0 Å². The second-order valence-corrected chi connectivity index (χ2v) is 15.5. The molecule has 3 heteroatoms. The second kappa shape index (κ2) is 14.6. The molecule has 4 saturated carbocycles. The fourth-order valence-corrected chi connectivity index (χ4v) is 9.12. The van der Waals surface area contributed by atoms with Crippen molar-refractivity contribution in [2.45, 2.75) is 72.6 Å². The van der Waals surface area contributed by atoms with Gasteiger partial charge in [-0.3, -0.25) is 6.08 Å². The number of allylic oxidation sites excluding steroid dienone is 4. The molecule has 0 aromatic heterocycles. The monoisotopic (exact) mass is 684 g/mol. The molecule has 0 N–H and O–H groups in total. The summed E-state index contributed by atoms with van der Waals surface area (Å²) < 4.78 is 1.46. The summed E-state index contributed by atoms with van der Waals surface area (Å²) in [5.41, 5.74) is 6.51. The van der Waals surface area contributed by atoms with Crippen LogP contribution in [-0.4, -0.2) is 3.21 Å². The average molecular weight is 687 g/mol. The third-order valence-electron chi connectivity index (χ3n) is 10.1. The SMILES string of the molecule is CC1=[C-]C(C)C=C1CC12CC3CC(CC(C3)C1)C2.C[C](=[Zr+2])c1ccc(C)cc1.[Cl-].[Cl-].c1ccc2c(c1)[cH-]c1ccccc12. The standard InChI is InChI=1S/C18H25.C13H9.C9H10.2ClH.Zr/c1-12-3-13(2)17(4-12)11-18-8-14-5-15(9-18)7-16(6-14)10-18;1-3-7-12-10(5-1)9-11-6-2-4-8-13(11)12;1-3-9-6-4-8(2)5-7-9;;;/h4,12,14-16H,5-11H2,1-2H3;1-9H;4-7H,1-2H3;2*1H;/q2*-1;;;;+2/p-2. The molecule has 0 nitrogen and oxygen atoms in total. The minimum Gasteiger partial charge on any atom is -1.00 e. The van der Waals surface area contributed by atoms with Crippen molar-refractivity contribution in [2.24, 2.45) is 29.1 Å². The molecule has 0 spiro atoms. The Kier molecular flexibility index (Phi) is 11.6. The summed E-state index contributed by atoms with van der Waals surface area (Å²) in [6.07, 6.45) is 16.7. The molecule has 4 fully saturated rings. The Morgan fingerprint density at radius 3 is 1.72 bits per heavy atom. The van der Waals surface area contributed by atoms with Crippen LogP contribution < -0.4 is 24.8 Å². The second-order valence-electron chi connectivity index (χ2n) is 13.7. The molecule has 0 saturated heterocycles. The van der Waals surface area contributed by atoms with Crippen molar-refractivity contribution in [1.29, 1.82) is 0 Å². The van der Waals surface area contributed by atoms with Crippen LogP contribution in [0.5, 0.6) is 0 Å². The maximum Gasteiger partial charge on any atom is -0.0771 e. The smallest absolute Gasteiger partial charge is 0.0771 e. The molecule has 5 aliphatic carbocycles. The Bertz CT molecular complexity index is 1520. The van der Waals surface area contributed by atoms with Crippen LogP contribution in [0.25, 0.3) is 21.5 Å². The van der Waals surface area contributed by atoms with E-state index in [4.69, 9.17) is 0 Å². The molecule has 9 rings (SSSR count). The fraction of sp³-hybridized carbons (Fsp3) is 0.400. The van der Waals surface area contributed by atoms with Crippen LogP contribution in [0.3, 0.4) is 0 Å². The van der Waals surface area contributed by atoms with Gasteiger partial charge in [-0.2, -0.15) is 11.6 Å². The topological polar surface area (TPSA) is 0 Å². The minimum absolute atomic E-state index is 0. The summed E-state index contributed by atoms with van der Waals surface area (Å²) in [5, 5.41) is 5.39. The van der Waals surface area contributed by atoms with Gasteiger partial charge in [-0.1, -0.05) is 62.6 Å². The Morgan fingerprint density at radius 1 is 0.791 bits per heavy atom. The third-order valence-corrected chi connectivity index (χ3v) is 10.8. The van der Waals surface area contributed by atoms with Crippen LogP contribution in [0, 0.1) is 42.1 Å². The normalized spacial score (nSPS) is 26.3. The predicted molar refractivity (Wildman–Crippen MR) is 173 cm³/mol. The van der Waals surface area contributed by atoms with E-state index >= 15 is 0 Å². The minimum atomic E-state index is 0. The molecule has 4 aromatic rings. The van der Waals surface area contributed by atoms with Gasteiger partial charge >= 0.3 is 76.7 Å². The largest absolute Gasteiger partial charge is 1.00 e. The van der Waals surface area contributed by atoms with Crippen LogP contribution in [0.15, 0.2) is 96.1 Å². The van der Waals surface area contributed by atoms with E-state index in [1.165, 1.54) is 72.1 Å². The number of benzene rings is 3. The number of halogens is 2. The van der Waals surface area contributed by atoms with Crippen molar-refractivity contribution in [2.75, 3.05) is 0 Å².